The Balaban J connectivity index is 1.29. The van der Waals surface area contributed by atoms with Crippen molar-refractivity contribution < 1.29 is 32.9 Å². The first-order chi connectivity index (χ1) is 18.6. The van der Waals surface area contributed by atoms with Crippen LogP contribution in [-0.4, -0.2) is 81.0 Å². The van der Waals surface area contributed by atoms with E-state index in [4.69, 9.17) is 18.9 Å². The van der Waals surface area contributed by atoms with Gasteiger partial charge in [-0.05, 0) is 42.3 Å². The van der Waals surface area contributed by atoms with E-state index in [1.54, 1.807) is 30.3 Å². The first kappa shape index (κ1) is 27.3. The minimum atomic E-state index is -0.978. The highest BCUT2D eigenvalue weighted by molar-refractivity contribution is 6.04. The van der Waals surface area contributed by atoms with Crippen LogP contribution in [0.25, 0.3) is 0 Å². The molecule has 2 aromatic rings. The predicted molar refractivity (Wildman–Crippen MR) is 139 cm³/mol. The van der Waals surface area contributed by atoms with E-state index >= 15 is 0 Å². The van der Waals surface area contributed by atoms with E-state index in [1.165, 1.54) is 12.1 Å². The standard InChI is InChI=1S/C27H33FN4O6/c1-35-24-9-5-21(17-25(24)38-19-28)23-8-10-26(33)32(30-23)18-20-3-6-22(7-4-20)29-27(34)37-14-2-11-31-12-15-36-16-13-31/h3-7,9,17H,2,8,10-16,18-19H2,1H3,(H,29,34). The van der Waals surface area contributed by atoms with E-state index in [9.17, 15) is 14.0 Å². The molecule has 0 saturated carbocycles. The number of methoxy groups -OCH3 is 1. The zero-order chi connectivity index (χ0) is 26.7. The third kappa shape index (κ3) is 7.65. The molecule has 4 rings (SSSR count). The molecule has 2 amide bonds. The number of carbonyl (C=O) groups is 2. The molecule has 0 radical (unpaired) electrons. The number of benzene rings is 2. The van der Waals surface area contributed by atoms with Crippen LogP contribution >= 0.6 is 0 Å². The summed E-state index contributed by atoms with van der Waals surface area (Å²) in [6, 6.07) is 12.3. The molecule has 0 spiro atoms. The van der Waals surface area contributed by atoms with E-state index in [0.29, 0.717) is 36.6 Å². The average Bonchev–Trinajstić information content (AvgIpc) is 2.94. The molecule has 11 heteroatoms. The van der Waals surface area contributed by atoms with Crippen molar-refractivity contribution in [2.75, 3.05) is 58.7 Å². The van der Waals surface area contributed by atoms with E-state index in [0.717, 1.165) is 50.4 Å². The number of amides is 2. The van der Waals surface area contributed by atoms with Gasteiger partial charge in [-0.2, -0.15) is 5.10 Å². The fraction of sp³-hybridized carbons (Fsp3) is 0.444. The monoisotopic (exact) mass is 528 g/mol. The van der Waals surface area contributed by atoms with Crippen molar-refractivity contribution in [1.29, 1.82) is 0 Å². The van der Waals surface area contributed by atoms with Gasteiger partial charge in [0.05, 0.1) is 39.2 Å². The summed E-state index contributed by atoms with van der Waals surface area (Å²) >= 11 is 0. The van der Waals surface area contributed by atoms with Gasteiger partial charge in [-0.15, -0.1) is 0 Å². The zero-order valence-corrected chi connectivity index (χ0v) is 21.5. The maximum Gasteiger partial charge on any atom is 0.411 e. The number of anilines is 1. The number of carbonyl (C=O) groups excluding carboxylic acids is 2. The van der Waals surface area contributed by atoms with E-state index < -0.39 is 13.0 Å². The molecule has 1 saturated heterocycles. The summed E-state index contributed by atoms with van der Waals surface area (Å²) in [6.07, 6.45) is 1.03. The summed E-state index contributed by atoms with van der Waals surface area (Å²) < 4.78 is 33.6. The molecule has 10 nitrogen and oxygen atoms in total. The van der Waals surface area contributed by atoms with Crippen molar-refractivity contribution in [2.45, 2.75) is 25.8 Å². The number of hydrogen-bond acceptors (Lipinski definition) is 8. The fourth-order valence-corrected chi connectivity index (χ4v) is 4.26. The Morgan fingerprint density at radius 3 is 2.63 bits per heavy atom. The maximum atomic E-state index is 12.8. The van der Waals surface area contributed by atoms with E-state index in [-0.39, 0.29) is 18.2 Å². The molecule has 0 atom stereocenters. The molecular weight excluding hydrogens is 495 g/mol. The molecular formula is C27H33FN4O6. The van der Waals surface area contributed by atoms with Crippen LogP contribution in [0.4, 0.5) is 14.9 Å². The van der Waals surface area contributed by atoms with E-state index in [1.807, 2.05) is 12.1 Å². The van der Waals surface area contributed by atoms with Crippen LogP contribution < -0.4 is 14.8 Å². The second-order valence-corrected chi connectivity index (χ2v) is 8.88. The number of nitrogens with one attached hydrogen (secondary N) is 1. The molecule has 2 heterocycles. The van der Waals surface area contributed by atoms with Crippen LogP contribution in [0.3, 0.4) is 0 Å². The van der Waals surface area contributed by atoms with Crippen molar-refractivity contribution in [3.8, 4) is 11.5 Å². The van der Waals surface area contributed by atoms with Gasteiger partial charge in [-0.1, -0.05) is 12.1 Å². The second-order valence-electron chi connectivity index (χ2n) is 8.88. The fourth-order valence-electron chi connectivity index (χ4n) is 4.26. The summed E-state index contributed by atoms with van der Waals surface area (Å²) in [7, 11) is 1.48. The highest BCUT2D eigenvalue weighted by atomic mass is 19.1. The molecule has 38 heavy (non-hydrogen) atoms. The average molecular weight is 529 g/mol. The van der Waals surface area contributed by atoms with Crippen molar-refractivity contribution in [3.63, 3.8) is 0 Å². The predicted octanol–water partition coefficient (Wildman–Crippen LogP) is 3.80. The number of hydrogen-bond donors (Lipinski definition) is 1. The lowest BCUT2D eigenvalue weighted by atomic mass is 10.0. The number of halogens is 1. The lowest BCUT2D eigenvalue weighted by molar-refractivity contribution is -0.132. The Morgan fingerprint density at radius 1 is 1.11 bits per heavy atom. The largest absolute Gasteiger partial charge is 0.493 e. The number of morpholine rings is 1. The van der Waals surface area contributed by atoms with Crippen LogP contribution in [0.2, 0.25) is 0 Å². The normalized spacial score (nSPS) is 16.1. The van der Waals surface area contributed by atoms with Gasteiger partial charge in [0.1, 0.15) is 0 Å². The van der Waals surface area contributed by atoms with Gasteiger partial charge in [0.25, 0.3) is 0 Å². The topological polar surface area (TPSA) is 102 Å². The van der Waals surface area contributed by atoms with Crippen LogP contribution in [0, 0.1) is 0 Å². The summed E-state index contributed by atoms with van der Waals surface area (Å²) in [5, 5.41) is 8.68. The van der Waals surface area contributed by atoms with Crippen molar-refractivity contribution in [3.05, 3.63) is 53.6 Å². The second kappa shape index (κ2) is 13.7. The number of hydrazone groups is 1. The molecule has 1 N–H and O–H groups in total. The summed E-state index contributed by atoms with van der Waals surface area (Å²) in [6.45, 7) is 3.82. The molecule has 0 bridgehead atoms. The Morgan fingerprint density at radius 2 is 1.89 bits per heavy atom. The third-order valence-electron chi connectivity index (χ3n) is 6.30. The first-order valence-electron chi connectivity index (χ1n) is 12.6. The van der Waals surface area contributed by atoms with Gasteiger partial charge in [0, 0.05) is 43.7 Å². The van der Waals surface area contributed by atoms with Gasteiger partial charge >= 0.3 is 6.09 Å². The SMILES string of the molecule is COc1ccc(C2=NN(Cc3ccc(NC(=O)OCCCN4CCOCC4)cc3)C(=O)CC2)cc1OCF. The van der Waals surface area contributed by atoms with Crippen LogP contribution in [0.5, 0.6) is 11.5 Å². The van der Waals surface area contributed by atoms with Crippen molar-refractivity contribution >= 4 is 23.4 Å². The molecule has 1 fully saturated rings. The lowest BCUT2D eigenvalue weighted by Gasteiger charge is -2.26. The van der Waals surface area contributed by atoms with Crippen LogP contribution in [0.15, 0.2) is 47.6 Å². The van der Waals surface area contributed by atoms with Gasteiger partial charge in [0.2, 0.25) is 12.8 Å². The Kier molecular flexibility index (Phi) is 9.88. The Labute approximate surface area is 221 Å². The van der Waals surface area contributed by atoms with Crippen molar-refractivity contribution in [1.82, 2.24) is 9.91 Å². The van der Waals surface area contributed by atoms with E-state index in [2.05, 4.69) is 15.3 Å². The van der Waals surface area contributed by atoms with Crippen molar-refractivity contribution in [2.24, 2.45) is 5.10 Å². The quantitative estimate of drug-likeness (QED) is 0.443. The zero-order valence-electron chi connectivity index (χ0n) is 21.5. The Bertz CT molecular complexity index is 1120. The number of nitrogens with zero attached hydrogens (tertiary/aromatic N) is 3. The molecule has 2 aliphatic heterocycles. The van der Waals surface area contributed by atoms with Crippen LogP contribution in [0.1, 0.15) is 30.4 Å². The highest BCUT2D eigenvalue weighted by Gasteiger charge is 2.22. The molecule has 2 aromatic carbocycles. The first-order valence-corrected chi connectivity index (χ1v) is 12.6. The van der Waals surface area contributed by atoms with Gasteiger partial charge in [-0.3, -0.25) is 15.0 Å². The maximum absolute atomic E-state index is 12.8. The Hall–Kier alpha value is -3.70. The summed E-state index contributed by atoms with van der Waals surface area (Å²) in [5.74, 6) is 0.601. The molecule has 0 unspecified atom stereocenters. The minimum Gasteiger partial charge on any atom is -0.493 e. The number of ether oxygens (including phenoxy) is 4. The van der Waals surface area contributed by atoms with Gasteiger partial charge < -0.3 is 18.9 Å². The number of rotatable bonds is 11. The lowest BCUT2D eigenvalue weighted by Crippen LogP contribution is -2.37. The summed E-state index contributed by atoms with van der Waals surface area (Å²) in [5.41, 5.74) is 2.88. The van der Waals surface area contributed by atoms with Gasteiger partial charge in [0.15, 0.2) is 11.5 Å². The highest BCUT2D eigenvalue weighted by Crippen LogP contribution is 2.30. The molecule has 0 aliphatic carbocycles. The molecule has 204 valence electrons. The minimum absolute atomic E-state index is 0.0923. The number of alkyl halides is 1. The smallest absolute Gasteiger partial charge is 0.411 e. The van der Waals surface area contributed by atoms with Crippen LogP contribution in [-0.2, 0) is 20.8 Å². The third-order valence-corrected chi connectivity index (χ3v) is 6.30. The molecule has 0 aromatic heterocycles. The summed E-state index contributed by atoms with van der Waals surface area (Å²) in [4.78, 5) is 26.9. The molecule has 2 aliphatic rings. The van der Waals surface area contributed by atoms with Gasteiger partial charge in [-0.25, -0.2) is 14.2 Å².